The van der Waals surface area contributed by atoms with Crippen molar-refractivity contribution in [1.29, 1.82) is 0 Å². The molecule has 0 radical (unpaired) electrons. The minimum atomic E-state index is -3.91. The van der Waals surface area contributed by atoms with E-state index in [4.69, 9.17) is 16.3 Å². The standard InChI is InChI=1S/C26H27ClF2N4O5/c1-30-9-11-38-10-8-15-2-4-18(13-20(15)27)31-25(37)26(28,29)17-3-5-19-16(12-17)14-33(24(19)36)21-6-7-22(34)32-23(21)35/h2-5,12-13,21,30H,6-11,14H2,1H3,(H,31,37)(H,32,34,35). The molecule has 0 aromatic heterocycles. The van der Waals surface area contributed by atoms with E-state index in [1.54, 1.807) is 6.07 Å². The number of carbonyl (C=O) groups excluding carboxylic acids is 4. The number of piperidine rings is 1. The minimum absolute atomic E-state index is 0.0788. The summed E-state index contributed by atoms with van der Waals surface area (Å²) in [5, 5.41) is 7.67. The highest BCUT2D eigenvalue weighted by Crippen LogP contribution is 2.35. The van der Waals surface area contributed by atoms with E-state index < -0.39 is 41.2 Å². The fraction of sp³-hybridized carbons (Fsp3) is 0.385. The number of nitrogens with zero attached hydrogens (tertiary/aromatic N) is 1. The van der Waals surface area contributed by atoms with Crippen molar-refractivity contribution >= 4 is 40.9 Å². The molecule has 12 heteroatoms. The second kappa shape index (κ2) is 11.5. The number of halogens is 3. The van der Waals surface area contributed by atoms with Crippen LogP contribution in [0.1, 0.15) is 39.9 Å². The van der Waals surface area contributed by atoms with Gasteiger partial charge in [0.25, 0.3) is 11.8 Å². The molecule has 4 amide bonds. The number of ether oxygens (including phenoxy) is 1. The normalized spacial score (nSPS) is 17.4. The first-order valence-corrected chi connectivity index (χ1v) is 12.5. The van der Waals surface area contributed by atoms with E-state index in [0.717, 1.165) is 17.7 Å². The maximum atomic E-state index is 15.1. The van der Waals surface area contributed by atoms with E-state index in [9.17, 15) is 19.2 Å². The van der Waals surface area contributed by atoms with Crippen LogP contribution in [0, 0.1) is 0 Å². The van der Waals surface area contributed by atoms with Crippen LogP contribution >= 0.6 is 11.6 Å². The van der Waals surface area contributed by atoms with E-state index >= 15 is 8.78 Å². The van der Waals surface area contributed by atoms with Crippen molar-refractivity contribution in [3.05, 3.63) is 63.7 Å². The van der Waals surface area contributed by atoms with Crippen molar-refractivity contribution in [3.8, 4) is 0 Å². The number of hydrogen-bond donors (Lipinski definition) is 3. The van der Waals surface area contributed by atoms with Crippen molar-refractivity contribution in [2.75, 3.05) is 32.1 Å². The lowest BCUT2D eigenvalue weighted by molar-refractivity contribution is -0.141. The van der Waals surface area contributed by atoms with E-state index in [-0.39, 0.29) is 36.2 Å². The number of alkyl halides is 2. The van der Waals surface area contributed by atoms with Gasteiger partial charge in [-0.1, -0.05) is 23.7 Å². The number of hydrogen-bond acceptors (Lipinski definition) is 6. The molecule has 2 aliphatic rings. The SMILES string of the molecule is CNCCOCCc1ccc(NC(=O)C(F)(F)c2ccc3c(c2)CN(C2CCC(=O)NC2=O)C3=O)cc1Cl. The molecule has 4 rings (SSSR count). The van der Waals surface area contributed by atoms with Gasteiger partial charge in [0.2, 0.25) is 11.8 Å². The third-order valence-electron chi connectivity index (χ3n) is 6.49. The van der Waals surface area contributed by atoms with Crippen LogP contribution in [0.25, 0.3) is 0 Å². The summed E-state index contributed by atoms with van der Waals surface area (Å²) in [6.07, 6.45) is 0.757. The van der Waals surface area contributed by atoms with Gasteiger partial charge in [-0.25, -0.2) is 0 Å². The molecule has 0 spiro atoms. The van der Waals surface area contributed by atoms with Crippen molar-refractivity contribution in [2.24, 2.45) is 0 Å². The Morgan fingerprint density at radius 3 is 2.68 bits per heavy atom. The molecular weight excluding hydrogens is 522 g/mol. The molecule has 2 heterocycles. The summed E-state index contributed by atoms with van der Waals surface area (Å²) in [6, 6.07) is 7.01. The minimum Gasteiger partial charge on any atom is -0.380 e. The smallest absolute Gasteiger partial charge is 0.350 e. The van der Waals surface area contributed by atoms with Crippen LogP contribution in [0.15, 0.2) is 36.4 Å². The third kappa shape index (κ3) is 5.85. The maximum Gasteiger partial charge on any atom is 0.350 e. The summed E-state index contributed by atoms with van der Waals surface area (Å²) in [5.41, 5.74) is 0.721. The van der Waals surface area contributed by atoms with Crippen LogP contribution in [-0.2, 0) is 38.0 Å². The number of amides is 4. The molecule has 202 valence electrons. The lowest BCUT2D eigenvalue weighted by Gasteiger charge is -2.29. The summed E-state index contributed by atoms with van der Waals surface area (Å²) in [6.45, 7) is 1.61. The fourth-order valence-electron chi connectivity index (χ4n) is 4.40. The summed E-state index contributed by atoms with van der Waals surface area (Å²) in [7, 11) is 1.82. The molecule has 1 unspecified atom stereocenters. The molecule has 3 N–H and O–H groups in total. The number of nitrogens with one attached hydrogen (secondary N) is 3. The van der Waals surface area contributed by atoms with Crippen molar-refractivity contribution in [3.63, 3.8) is 0 Å². The Morgan fingerprint density at radius 1 is 1.18 bits per heavy atom. The lowest BCUT2D eigenvalue weighted by Crippen LogP contribution is -2.52. The average molecular weight is 549 g/mol. The number of carbonyl (C=O) groups is 4. The second-order valence-electron chi connectivity index (χ2n) is 9.07. The molecule has 2 aromatic rings. The van der Waals surface area contributed by atoms with Crippen LogP contribution in [-0.4, -0.2) is 61.4 Å². The highest BCUT2D eigenvalue weighted by atomic mass is 35.5. The lowest BCUT2D eigenvalue weighted by atomic mass is 10.0. The van der Waals surface area contributed by atoms with Gasteiger partial charge in [0.15, 0.2) is 0 Å². The Bertz CT molecular complexity index is 1270. The van der Waals surface area contributed by atoms with Crippen LogP contribution in [0.4, 0.5) is 14.5 Å². The molecular formula is C26H27ClF2N4O5. The molecule has 0 saturated carbocycles. The molecule has 0 bridgehead atoms. The topological polar surface area (TPSA) is 117 Å². The van der Waals surface area contributed by atoms with E-state index in [1.165, 1.54) is 23.1 Å². The number of anilines is 1. The van der Waals surface area contributed by atoms with Gasteiger partial charge in [-0.3, -0.25) is 24.5 Å². The fourth-order valence-corrected chi connectivity index (χ4v) is 4.67. The van der Waals surface area contributed by atoms with Gasteiger partial charge in [0.1, 0.15) is 6.04 Å². The van der Waals surface area contributed by atoms with Crippen LogP contribution in [0.2, 0.25) is 5.02 Å². The van der Waals surface area contributed by atoms with Gasteiger partial charge >= 0.3 is 5.92 Å². The van der Waals surface area contributed by atoms with E-state index in [1.807, 2.05) is 7.05 Å². The molecule has 1 fully saturated rings. The highest BCUT2D eigenvalue weighted by molar-refractivity contribution is 6.31. The van der Waals surface area contributed by atoms with Crippen molar-refractivity contribution in [1.82, 2.24) is 15.5 Å². The summed E-state index contributed by atoms with van der Waals surface area (Å²) < 4.78 is 35.7. The Kier molecular flexibility index (Phi) is 8.39. The number of fused-ring (bicyclic) bond motifs is 1. The summed E-state index contributed by atoms with van der Waals surface area (Å²) in [4.78, 5) is 50.2. The first-order chi connectivity index (χ1) is 18.1. The highest BCUT2D eigenvalue weighted by Gasteiger charge is 2.44. The van der Waals surface area contributed by atoms with Gasteiger partial charge in [-0.15, -0.1) is 0 Å². The average Bonchev–Trinajstić information content (AvgIpc) is 3.20. The van der Waals surface area contributed by atoms with Crippen LogP contribution < -0.4 is 16.0 Å². The molecule has 1 atom stereocenters. The number of imide groups is 1. The predicted octanol–water partition coefficient (Wildman–Crippen LogP) is 2.61. The van der Waals surface area contributed by atoms with Gasteiger partial charge in [0, 0.05) is 41.3 Å². The third-order valence-corrected chi connectivity index (χ3v) is 6.85. The quantitative estimate of drug-likeness (QED) is 0.310. The first kappa shape index (κ1) is 27.6. The van der Waals surface area contributed by atoms with Crippen LogP contribution in [0.5, 0.6) is 0 Å². The predicted molar refractivity (Wildman–Crippen MR) is 135 cm³/mol. The second-order valence-corrected chi connectivity index (χ2v) is 9.48. The van der Waals surface area contributed by atoms with E-state index in [0.29, 0.717) is 31.2 Å². The molecule has 9 nitrogen and oxygen atoms in total. The monoisotopic (exact) mass is 548 g/mol. The molecule has 38 heavy (non-hydrogen) atoms. The summed E-state index contributed by atoms with van der Waals surface area (Å²) in [5.74, 6) is -6.97. The summed E-state index contributed by atoms with van der Waals surface area (Å²) >= 11 is 6.27. The largest absolute Gasteiger partial charge is 0.380 e. The first-order valence-electron chi connectivity index (χ1n) is 12.1. The Morgan fingerprint density at radius 2 is 1.97 bits per heavy atom. The van der Waals surface area contributed by atoms with Crippen LogP contribution in [0.3, 0.4) is 0 Å². The number of likely N-dealkylation sites (N-methyl/N-ethyl adjacent to an activating group) is 1. The zero-order chi connectivity index (χ0) is 27.4. The van der Waals surface area contributed by atoms with Gasteiger partial charge in [-0.2, -0.15) is 8.78 Å². The zero-order valence-electron chi connectivity index (χ0n) is 20.6. The number of benzene rings is 2. The van der Waals surface area contributed by atoms with Gasteiger partial charge < -0.3 is 20.3 Å². The Hall–Kier alpha value is -3.41. The molecule has 1 saturated heterocycles. The Labute approximate surface area is 222 Å². The van der Waals surface area contributed by atoms with Gasteiger partial charge in [0.05, 0.1) is 13.2 Å². The maximum absolute atomic E-state index is 15.1. The molecule has 2 aromatic carbocycles. The van der Waals surface area contributed by atoms with Crippen molar-refractivity contribution in [2.45, 2.75) is 37.8 Å². The van der Waals surface area contributed by atoms with Crippen molar-refractivity contribution < 1.29 is 32.7 Å². The molecule has 0 aliphatic carbocycles. The Balaban J connectivity index is 1.42. The van der Waals surface area contributed by atoms with Gasteiger partial charge in [-0.05, 0) is 55.3 Å². The molecule has 2 aliphatic heterocycles. The zero-order valence-corrected chi connectivity index (χ0v) is 21.4. The van der Waals surface area contributed by atoms with E-state index in [2.05, 4.69) is 16.0 Å². The number of rotatable bonds is 10.